The maximum atomic E-state index is 12.2. The molecule has 1 N–H and O–H groups in total. The smallest absolute Gasteiger partial charge is 0.240 e. The summed E-state index contributed by atoms with van der Waals surface area (Å²) in [6, 6.07) is 7.83. The number of benzene rings is 1. The van der Waals surface area contributed by atoms with Crippen LogP contribution in [0.25, 0.3) is 0 Å². The summed E-state index contributed by atoms with van der Waals surface area (Å²) in [5, 5.41) is 3.20. The molecular weight excluding hydrogens is 260 g/mol. The monoisotopic (exact) mass is 280 g/mol. The number of nitrogens with one attached hydrogen (secondary N) is 1. The van der Waals surface area contributed by atoms with Crippen molar-refractivity contribution >= 4 is 17.7 Å². The Morgan fingerprint density at radius 3 is 3.00 bits per heavy atom. The third-order valence-corrected chi connectivity index (χ3v) is 4.01. The Hall–Kier alpha value is -1.20. The van der Waals surface area contributed by atoms with Crippen molar-refractivity contribution in [3.63, 3.8) is 0 Å². The third kappa shape index (κ3) is 3.64. The molecule has 4 nitrogen and oxygen atoms in total. The number of likely N-dealkylation sites (N-methyl/N-ethyl adjacent to an activating group) is 1. The van der Waals surface area contributed by atoms with Crippen molar-refractivity contribution in [2.75, 3.05) is 25.3 Å². The lowest BCUT2D eigenvalue weighted by molar-refractivity contribution is -0.131. The average Bonchev–Trinajstić information content (AvgIpc) is 2.94. The molecule has 1 aliphatic rings. The third-order valence-electron chi connectivity index (χ3n) is 3.07. The second kappa shape index (κ2) is 6.82. The average molecular weight is 280 g/mol. The first-order valence-electron chi connectivity index (χ1n) is 6.49. The van der Waals surface area contributed by atoms with Gasteiger partial charge in [-0.1, -0.05) is 18.2 Å². The molecule has 1 fully saturated rings. The van der Waals surface area contributed by atoms with Gasteiger partial charge in [0.15, 0.2) is 0 Å². The minimum absolute atomic E-state index is 0.0470. The van der Waals surface area contributed by atoms with Gasteiger partial charge in [-0.05, 0) is 13.0 Å². The van der Waals surface area contributed by atoms with E-state index in [1.807, 2.05) is 38.2 Å². The number of rotatable bonds is 5. The number of ether oxygens (including phenoxy) is 1. The van der Waals surface area contributed by atoms with E-state index in [1.165, 1.54) is 0 Å². The molecule has 5 heteroatoms. The summed E-state index contributed by atoms with van der Waals surface area (Å²) >= 11 is 1.76. The van der Waals surface area contributed by atoms with E-state index in [1.54, 1.807) is 16.7 Å². The molecule has 1 aromatic rings. The minimum Gasteiger partial charge on any atom is -0.494 e. The highest BCUT2D eigenvalue weighted by Gasteiger charge is 2.25. The second-order valence-corrected chi connectivity index (χ2v) is 5.54. The van der Waals surface area contributed by atoms with Gasteiger partial charge in [0, 0.05) is 30.8 Å². The van der Waals surface area contributed by atoms with Crippen LogP contribution in [0.5, 0.6) is 5.75 Å². The lowest BCUT2D eigenvalue weighted by atomic mass is 10.2. The molecule has 0 spiro atoms. The highest BCUT2D eigenvalue weighted by molar-refractivity contribution is 7.99. The Morgan fingerprint density at radius 2 is 2.32 bits per heavy atom. The molecule has 0 unspecified atom stereocenters. The van der Waals surface area contributed by atoms with Gasteiger partial charge in [0.2, 0.25) is 5.91 Å². The Labute approximate surface area is 118 Å². The summed E-state index contributed by atoms with van der Waals surface area (Å²) in [7, 11) is 1.84. The van der Waals surface area contributed by atoms with E-state index in [4.69, 9.17) is 4.74 Å². The van der Waals surface area contributed by atoms with Gasteiger partial charge in [0.1, 0.15) is 5.75 Å². The number of carbonyl (C=O) groups is 1. The normalized spacial score (nSPS) is 18.3. The van der Waals surface area contributed by atoms with E-state index >= 15 is 0 Å². The van der Waals surface area contributed by atoms with Gasteiger partial charge in [-0.15, -0.1) is 11.8 Å². The lowest BCUT2D eigenvalue weighted by Gasteiger charge is -2.22. The van der Waals surface area contributed by atoms with Gasteiger partial charge in [-0.3, -0.25) is 10.1 Å². The van der Waals surface area contributed by atoms with Crippen LogP contribution in [-0.4, -0.2) is 42.1 Å². The number of carbonyl (C=O) groups excluding carboxylic acids is 1. The first-order valence-corrected chi connectivity index (χ1v) is 7.64. The molecule has 0 bridgehead atoms. The molecule has 1 saturated heterocycles. The van der Waals surface area contributed by atoms with Gasteiger partial charge in [-0.25, -0.2) is 0 Å². The van der Waals surface area contributed by atoms with E-state index in [2.05, 4.69) is 5.32 Å². The first-order chi connectivity index (χ1) is 9.22. The highest BCUT2D eigenvalue weighted by atomic mass is 32.2. The molecule has 19 heavy (non-hydrogen) atoms. The van der Waals surface area contributed by atoms with Crippen molar-refractivity contribution in [3.8, 4) is 5.75 Å². The topological polar surface area (TPSA) is 41.6 Å². The molecule has 104 valence electrons. The summed E-state index contributed by atoms with van der Waals surface area (Å²) in [6.45, 7) is 3.18. The zero-order valence-electron chi connectivity index (χ0n) is 11.4. The SMILES string of the molecule is CCOc1ccccc1CN(C)C(=O)[C@H]1CSCN1. The van der Waals surface area contributed by atoms with Gasteiger partial charge in [0.05, 0.1) is 12.6 Å². The first kappa shape index (κ1) is 14.2. The van der Waals surface area contributed by atoms with Gasteiger partial charge in [-0.2, -0.15) is 0 Å². The molecule has 1 atom stereocenters. The lowest BCUT2D eigenvalue weighted by Crippen LogP contribution is -2.42. The van der Waals surface area contributed by atoms with Crippen LogP contribution in [0.1, 0.15) is 12.5 Å². The van der Waals surface area contributed by atoms with E-state index in [-0.39, 0.29) is 11.9 Å². The molecule has 2 rings (SSSR count). The van der Waals surface area contributed by atoms with E-state index in [9.17, 15) is 4.79 Å². The number of amides is 1. The van der Waals surface area contributed by atoms with Crippen LogP contribution < -0.4 is 10.1 Å². The summed E-state index contributed by atoms with van der Waals surface area (Å²) in [6.07, 6.45) is 0. The Kier molecular flexibility index (Phi) is 5.10. The van der Waals surface area contributed by atoms with Crippen molar-refractivity contribution in [2.45, 2.75) is 19.5 Å². The number of hydrogen-bond acceptors (Lipinski definition) is 4. The summed E-state index contributed by atoms with van der Waals surface area (Å²) in [4.78, 5) is 14.0. The van der Waals surface area contributed by atoms with Crippen molar-refractivity contribution < 1.29 is 9.53 Å². The fourth-order valence-electron chi connectivity index (χ4n) is 2.08. The maximum Gasteiger partial charge on any atom is 0.240 e. The van der Waals surface area contributed by atoms with E-state index in [0.717, 1.165) is 22.9 Å². The van der Waals surface area contributed by atoms with Crippen LogP contribution in [0.4, 0.5) is 0 Å². The predicted molar refractivity (Wildman–Crippen MR) is 78.3 cm³/mol. The highest BCUT2D eigenvalue weighted by Crippen LogP contribution is 2.20. The van der Waals surface area contributed by atoms with Crippen LogP contribution in [0.15, 0.2) is 24.3 Å². The Bertz CT molecular complexity index is 433. The van der Waals surface area contributed by atoms with Crippen LogP contribution in [0.2, 0.25) is 0 Å². The molecule has 1 aliphatic heterocycles. The molecule has 1 amide bonds. The van der Waals surface area contributed by atoms with E-state index in [0.29, 0.717) is 13.2 Å². The van der Waals surface area contributed by atoms with Crippen LogP contribution in [-0.2, 0) is 11.3 Å². The largest absolute Gasteiger partial charge is 0.494 e. The molecule has 1 heterocycles. The molecule has 0 radical (unpaired) electrons. The number of nitrogens with zero attached hydrogens (tertiary/aromatic N) is 1. The zero-order chi connectivity index (χ0) is 13.7. The van der Waals surface area contributed by atoms with Gasteiger partial charge < -0.3 is 9.64 Å². The summed E-state index contributed by atoms with van der Waals surface area (Å²) in [5.41, 5.74) is 1.05. The van der Waals surface area contributed by atoms with Gasteiger partial charge in [0.25, 0.3) is 0 Å². The fourth-order valence-corrected chi connectivity index (χ4v) is 3.02. The Morgan fingerprint density at radius 1 is 1.53 bits per heavy atom. The molecule has 1 aromatic carbocycles. The summed E-state index contributed by atoms with van der Waals surface area (Å²) < 4.78 is 5.59. The predicted octanol–water partition coefficient (Wildman–Crippen LogP) is 1.71. The van der Waals surface area contributed by atoms with Crippen molar-refractivity contribution in [1.82, 2.24) is 10.2 Å². The fraction of sp³-hybridized carbons (Fsp3) is 0.500. The number of thioether (sulfide) groups is 1. The Balaban J connectivity index is 2.01. The number of hydrogen-bond donors (Lipinski definition) is 1. The zero-order valence-corrected chi connectivity index (χ0v) is 12.2. The van der Waals surface area contributed by atoms with E-state index < -0.39 is 0 Å². The quantitative estimate of drug-likeness (QED) is 0.891. The van der Waals surface area contributed by atoms with Crippen molar-refractivity contribution in [2.24, 2.45) is 0 Å². The molecular formula is C14H20N2O2S. The standard InChI is InChI=1S/C14H20N2O2S/c1-3-18-13-7-5-4-6-11(13)8-16(2)14(17)12-9-19-10-15-12/h4-7,12,15H,3,8-10H2,1-2H3/t12-/m1/s1. The molecule has 0 aliphatic carbocycles. The van der Waals surface area contributed by atoms with Crippen molar-refractivity contribution in [1.29, 1.82) is 0 Å². The second-order valence-electron chi connectivity index (χ2n) is 4.51. The maximum absolute atomic E-state index is 12.2. The summed E-state index contributed by atoms with van der Waals surface area (Å²) in [5.74, 6) is 2.73. The molecule has 0 aromatic heterocycles. The molecule has 0 saturated carbocycles. The van der Waals surface area contributed by atoms with Crippen LogP contribution >= 0.6 is 11.8 Å². The minimum atomic E-state index is -0.0470. The van der Waals surface area contributed by atoms with Gasteiger partial charge >= 0.3 is 0 Å². The van der Waals surface area contributed by atoms with Crippen LogP contribution in [0.3, 0.4) is 0 Å². The van der Waals surface area contributed by atoms with Crippen LogP contribution in [0, 0.1) is 0 Å². The number of para-hydroxylation sites is 1. The van der Waals surface area contributed by atoms with Crippen molar-refractivity contribution in [3.05, 3.63) is 29.8 Å².